The second-order valence-corrected chi connectivity index (χ2v) is 5.09. The van der Waals surface area contributed by atoms with Crippen LogP contribution in [0.15, 0.2) is 11.5 Å². The van der Waals surface area contributed by atoms with Crippen LogP contribution in [0.5, 0.6) is 0 Å². The van der Waals surface area contributed by atoms with Gasteiger partial charge in [-0.3, -0.25) is 0 Å². The molecule has 0 fully saturated rings. The molecule has 134 valence electrons. The molecule has 6 heteroatoms. The summed E-state index contributed by atoms with van der Waals surface area (Å²) in [5, 5.41) is 9.09. The first-order valence-electron chi connectivity index (χ1n) is 8.48. The SMILES string of the molecule is CCCCCCCCCOC(=O)C(OCC)=C(OCC)C(=O)O. The third-order valence-electron chi connectivity index (χ3n) is 3.14. The predicted molar refractivity (Wildman–Crippen MR) is 86.9 cm³/mol. The molecule has 0 aromatic carbocycles. The highest BCUT2D eigenvalue weighted by Gasteiger charge is 2.25. The minimum absolute atomic E-state index is 0.128. The molecule has 0 bridgehead atoms. The highest BCUT2D eigenvalue weighted by molar-refractivity contribution is 5.96. The lowest BCUT2D eigenvalue weighted by Gasteiger charge is -2.12. The molecule has 23 heavy (non-hydrogen) atoms. The van der Waals surface area contributed by atoms with Gasteiger partial charge in [0.15, 0.2) is 0 Å². The molecule has 0 saturated heterocycles. The first kappa shape index (κ1) is 21.3. The summed E-state index contributed by atoms with van der Waals surface area (Å²) in [6, 6.07) is 0. The quantitative estimate of drug-likeness (QED) is 0.227. The molecule has 0 atom stereocenters. The van der Waals surface area contributed by atoms with Crippen LogP contribution in [-0.2, 0) is 23.8 Å². The molecule has 0 unspecified atom stereocenters. The van der Waals surface area contributed by atoms with Crippen molar-refractivity contribution in [2.75, 3.05) is 19.8 Å². The van der Waals surface area contributed by atoms with E-state index in [4.69, 9.17) is 19.3 Å². The number of rotatable bonds is 14. The Kier molecular flexibility index (Phi) is 12.9. The molecule has 0 aromatic rings. The largest absolute Gasteiger partial charge is 0.484 e. The number of carboxylic acids is 1. The Morgan fingerprint density at radius 1 is 0.739 bits per heavy atom. The molecule has 1 N–H and O–H groups in total. The second-order valence-electron chi connectivity index (χ2n) is 5.09. The van der Waals surface area contributed by atoms with Gasteiger partial charge in [-0.1, -0.05) is 45.4 Å². The van der Waals surface area contributed by atoms with Gasteiger partial charge in [0, 0.05) is 0 Å². The van der Waals surface area contributed by atoms with Crippen LogP contribution in [0.25, 0.3) is 0 Å². The molecule has 0 saturated carbocycles. The molecule has 0 heterocycles. The Morgan fingerprint density at radius 3 is 1.78 bits per heavy atom. The van der Waals surface area contributed by atoms with Crippen molar-refractivity contribution >= 4 is 11.9 Å². The first-order chi connectivity index (χ1) is 11.1. The molecule has 0 aliphatic rings. The van der Waals surface area contributed by atoms with E-state index in [1.807, 2.05) is 0 Å². The molecule has 0 radical (unpaired) electrons. The standard InChI is InChI=1S/C17H30O6/c1-4-7-8-9-10-11-12-13-23-17(20)15(22-6-3)14(16(18)19)21-5-2/h4-13H2,1-3H3,(H,18,19). The van der Waals surface area contributed by atoms with Crippen molar-refractivity contribution < 1.29 is 28.9 Å². The molecule has 6 nitrogen and oxygen atoms in total. The smallest absolute Gasteiger partial charge is 0.377 e. The van der Waals surface area contributed by atoms with Crippen LogP contribution in [0.1, 0.15) is 65.7 Å². The maximum Gasteiger partial charge on any atom is 0.377 e. The maximum absolute atomic E-state index is 12.0. The predicted octanol–water partition coefficient (Wildman–Crippen LogP) is 3.65. The van der Waals surface area contributed by atoms with Gasteiger partial charge in [0.05, 0.1) is 19.8 Å². The van der Waals surface area contributed by atoms with Gasteiger partial charge in [0.2, 0.25) is 0 Å². The third kappa shape index (κ3) is 9.81. The molecular weight excluding hydrogens is 300 g/mol. The normalized spacial score (nSPS) is 11.6. The zero-order valence-corrected chi connectivity index (χ0v) is 14.6. The van der Waals surface area contributed by atoms with E-state index >= 15 is 0 Å². The van der Waals surface area contributed by atoms with E-state index in [1.54, 1.807) is 13.8 Å². The van der Waals surface area contributed by atoms with Gasteiger partial charge in [-0.15, -0.1) is 0 Å². The zero-order valence-electron chi connectivity index (χ0n) is 14.6. The van der Waals surface area contributed by atoms with E-state index in [1.165, 1.54) is 25.7 Å². The summed E-state index contributed by atoms with van der Waals surface area (Å²) in [5.41, 5.74) is 0. The van der Waals surface area contributed by atoms with Gasteiger partial charge in [0.1, 0.15) is 0 Å². The van der Waals surface area contributed by atoms with Crippen LogP contribution in [0.2, 0.25) is 0 Å². The average molecular weight is 330 g/mol. The number of hydrogen-bond acceptors (Lipinski definition) is 5. The van der Waals surface area contributed by atoms with E-state index in [2.05, 4.69) is 6.92 Å². The number of carbonyl (C=O) groups is 2. The average Bonchev–Trinajstić information content (AvgIpc) is 2.52. The van der Waals surface area contributed by atoms with Crippen molar-refractivity contribution in [3.8, 4) is 0 Å². The second kappa shape index (κ2) is 13.9. The van der Waals surface area contributed by atoms with Gasteiger partial charge in [-0.2, -0.15) is 0 Å². The number of carbonyl (C=O) groups excluding carboxylic acids is 1. The summed E-state index contributed by atoms with van der Waals surface area (Å²) in [6.45, 7) is 6.01. The van der Waals surface area contributed by atoms with Crippen molar-refractivity contribution in [2.45, 2.75) is 65.7 Å². The highest BCUT2D eigenvalue weighted by Crippen LogP contribution is 2.12. The summed E-state index contributed by atoms with van der Waals surface area (Å²) in [6.07, 6.45) is 7.77. The van der Waals surface area contributed by atoms with Crippen molar-refractivity contribution in [3.05, 3.63) is 11.5 Å². The molecule has 0 aromatic heterocycles. The van der Waals surface area contributed by atoms with Gasteiger partial charge in [0.25, 0.3) is 11.5 Å². The maximum atomic E-state index is 12.0. The summed E-state index contributed by atoms with van der Waals surface area (Å²) >= 11 is 0. The summed E-state index contributed by atoms with van der Waals surface area (Å²) in [4.78, 5) is 23.1. The van der Waals surface area contributed by atoms with Gasteiger partial charge < -0.3 is 19.3 Å². The molecule has 0 aliphatic carbocycles. The van der Waals surface area contributed by atoms with Crippen LogP contribution in [-0.4, -0.2) is 36.9 Å². The van der Waals surface area contributed by atoms with E-state index in [9.17, 15) is 9.59 Å². The van der Waals surface area contributed by atoms with Crippen LogP contribution >= 0.6 is 0 Å². The lowest BCUT2D eigenvalue weighted by atomic mass is 10.1. The zero-order chi connectivity index (χ0) is 17.5. The molecule has 0 rings (SSSR count). The van der Waals surface area contributed by atoms with Crippen molar-refractivity contribution in [1.29, 1.82) is 0 Å². The van der Waals surface area contributed by atoms with Crippen molar-refractivity contribution in [2.24, 2.45) is 0 Å². The molecular formula is C17H30O6. The monoisotopic (exact) mass is 330 g/mol. The fourth-order valence-electron chi connectivity index (χ4n) is 2.02. The van der Waals surface area contributed by atoms with Crippen LogP contribution < -0.4 is 0 Å². The molecule has 0 spiro atoms. The number of hydrogen-bond donors (Lipinski definition) is 1. The summed E-state index contributed by atoms with van der Waals surface area (Å²) in [7, 11) is 0. The Balaban J connectivity index is 4.30. The van der Waals surface area contributed by atoms with Crippen LogP contribution in [0, 0.1) is 0 Å². The number of ether oxygens (including phenoxy) is 3. The Bertz CT molecular complexity index is 375. The van der Waals surface area contributed by atoms with E-state index in [0.717, 1.165) is 19.3 Å². The minimum atomic E-state index is -1.34. The Hall–Kier alpha value is -1.72. The van der Waals surface area contributed by atoms with E-state index < -0.39 is 17.7 Å². The van der Waals surface area contributed by atoms with Crippen LogP contribution in [0.3, 0.4) is 0 Å². The van der Waals surface area contributed by atoms with Crippen LogP contribution in [0.4, 0.5) is 0 Å². The first-order valence-corrected chi connectivity index (χ1v) is 8.48. The van der Waals surface area contributed by atoms with Crippen molar-refractivity contribution in [1.82, 2.24) is 0 Å². The number of esters is 1. The highest BCUT2D eigenvalue weighted by atomic mass is 16.6. The van der Waals surface area contributed by atoms with Gasteiger partial charge in [-0.05, 0) is 20.3 Å². The fourth-order valence-corrected chi connectivity index (χ4v) is 2.02. The molecule has 0 amide bonds. The minimum Gasteiger partial charge on any atom is -0.484 e. The number of carboxylic acid groups (broad SMARTS) is 1. The lowest BCUT2D eigenvalue weighted by molar-refractivity contribution is -0.146. The van der Waals surface area contributed by atoms with Gasteiger partial charge >= 0.3 is 11.9 Å². The Labute approximate surface area is 138 Å². The lowest BCUT2D eigenvalue weighted by Crippen LogP contribution is -2.19. The Morgan fingerprint density at radius 2 is 1.26 bits per heavy atom. The summed E-state index contributed by atoms with van der Waals surface area (Å²) < 4.78 is 15.2. The molecule has 0 aliphatic heterocycles. The third-order valence-corrected chi connectivity index (χ3v) is 3.14. The number of aliphatic carboxylic acids is 1. The summed E-state index contributed by atoms with van der Waals surface area (Å²) in [5.74, 6) is -3.00. The fraction of sp³-hybridized carbons (Fsp3) is 0.765. The van der Waals surface area contributed by atoms with Crippen molar-refractivity contribution in [3.63, 3.8) is 0 Å². The van der Waals surface area contributed by atoms with E-state index in [-0.39, 0.29) is 25.6 Å². The number of unbranched alkanes of at least 4 members (excludes halogenated alkanes) is 6. The van der Waals surface area contributed by atoms with E-state index in [0.29, 0.717) is 0 Å². The van der Waals surface area contributed by atoms with Gasteiger partial charge in [-0.25, -0.2) is 9.59 Å². The topological polar surface area (TPSA) is 82.1 Å².